The number of carbonyl (C=O) groups is 1. The average molecular weight is 256 g/mol. The first-order chi connectivity index (χ1) is 8.13. The van der Waals surface area contributed by atoms with Gasteiger partial charge in [0.05, 0.1) is 13.0 Å². The van der Waals surface area contributed by atoms with Crippen molar-refractivity contribution in [1.29, 1.82) is 0 Å². The molecule has 0 amide bonds. The summed E-state index contributed by atoms with van der Waals surface area (Å²) in [7, 11) is 0. The molecule has 0 atom stereocenters. The van der Waals surface area contributed by atoms with E-state index in [9.17, 15) is 4.79 Å². The number of esters is 1. The van der Waals surface area contributed by atoms with Crippen LogP contribution in [0.25, 0.3) is 0 Å². The Kier molecular flexibility index (Phi) is 6.01. The molecule has 4 heteroatoms. The molecule has 17 heavy (non-hydrogen) atoms. The SMILES string of the molecule is CCOC(=O)CCNCc1ccc(C)c(Cl)c1. The Labute approximate surface area is 107 Å². The number of aryl methyl sites for hydroxylation is 1. The third-order valence-corrected chi connectivity index (χ3v) is 2.78. The molecule has 0 unspecified atom stereocenters. The average Bonchev–Trinajstić information content (AvgIpc) is 2.29. The predicted octanol–water partition coefficient (Wildman–Crippen LogP) is 2.69. The van der Waals surface area contributed by atoms with Crippen molar-refractivity contribution in [3.8, 4) is 0 Å². The maximum atomic E-state index is 11.1. The van der Waals surface area contributed by atoms with Gasteiger partial charge in [-0.25, -0.2) is 0 Å². The van der Waals surface area contributed by atoms with Crippen molar-refractivity contribution in [2.45, 2.75) is 26.8 Å². The number of hydrogen-bond acceptors (Lipinski definition) is 3. The molecule has 94 valence electrons. The standard InChI is InChI=1S/C13H18ClNO2/c1-3-17-13(16)6-7-15-9-11-5-4-10(2)12(14)8-11/h4-5,8,15H,3,6-7,9H2,1-2H3. The summed E-state index contributed by atoms with van der Waals surface area (Å²) in [5.41, 5.74) is 2.19. The van der Waals surface area contributed by atoms with Gasteiger partial charge in [-0.3, -0.25) is 4.79 Å². The molecule has 0 aliphatic heterocycles. The summed E-state index contributed by atoms with van der Waals surface area (Å²) in [6.45, 7) is 5.54. The molecule has 0 heterocycles. The Morgan fingerprint density at radius 1 is 1.47 bits per heavy atom. The van der Waals surface area contributed by atoms with Gasteiger partial charge >= 0.3 is 5.97 Å². The molecular formula is C13H18ClNO2. The highest BCUT2D eigenvalue weighted by molar-refractivity contribution is 6.31. The molecule has 0 aliphatic rings. The summed E-state index contributed by atoms with van der Waals surface area (Å²) >= 11 is 6.02. The van der Waals surface area contributed by atoms with Gasteiger partial charge in [0.15, 0.2) is 0 Å². The van der Waals surface area contributed by atoms with Gasteiger partial charge < -0.3 is 10.1 Å². The van der Waals surface area contributed by atoms with E-state index in [2.05, 4.69) is 5.32 Å². The number of benzene rings is 1. The monoisotopic (exact) mass is 255 g/mol. The first kappa shape index (κ1) is 14.0. The number of rotatable bonds is 6. The van der Waals surface area contributed by atoms with Crippen LogP contribution in [0.4, 0.5) is 0 Å². The summed E-state index contributed by atoms with van der Waals surface area (Å²) in [6.07, 6.45) is 0.396. The van der Waals surface area contributed by atoms with Crippen molar-refractivity contribution in [2.24, 2.45) is 0 Å². The zero-order chi connectivity index (χ0) is 12.7. The first-order valence-corrected chi connectivity index (χ1v) is 6.12. The van der Waals surface area contributed by atoms with Crippen LogP contribution in [0.2, 0.25) is 5.02 Å². The lowest BCUT2D eigenvalue weighted by Crippen LogP contribution is -2.19. The predicted molar refractivity (Wildman–Crippen MR) is 69.1 cm³/mol. The van der Waals surface area contributed by atoms with Gasteiger partial charge in [-0.05, 0) is 31.0 Å². The van der Waals surface area contributed by atoms with Crippen LogP contribution in [-0.2, 0) is 16.1 Å². The highest BCUT2D eigenvalue weighted by Gasteiger charge is 2.01. The second kappa shape index (κ2) is 7.30. The first-order valence-electron chi connectivity index (χ1n) is 5.75. The maximum Gasteiger partial charge on any atom is 0.307 e. The molecular weight excluding hydrogens is 238 g/mol. The van der Waals surface area contributed by atoms with Crippen molar-refractivity contribution in [3.63, 3.8) is 0 Å². The molecule has 0 saturated heterocycles. The Hall–Kier alpha value is -1.06. The number of carbonyl (C=O) groups excluding carboxylic acids is 1. The van der Waals surface area contributed by atoms with Gasteiger partial charge in [0.1, 0.15) is 0 Å². The molecule has 0 aliphatic carbocycles. The molecule has 1 aromatic carbocycles. The molecule has 0 fully saturated rings. The molecule has 1 rings (SSSR count). The summed E-state index contributed by atoms with van der Waals surface area (Å²) in [5.74, 6) is -0.165. The fourth-order valence-corrected chi connectivity index (χ4v) is 1.61. The lowest BCUT2D eigenvalue weighted by atomic mass is 10.1. The minimum absolute atomic E-state index is 0.165. The van der Waals surface area contributed by atoms with Crippen LogP contribution in [0.5, 0.6) is 0 Å². The van der Waals surface area contributed by atoms with Crippen LogP contribution in [0, 0.1) is 6.92 Å². The molecule has 0 aromatic heterocycles. The Bertz CT molecular complexity index is 380. The van der Waals surface area contributed by atoms with Crippen molar-refractivity contribution < 1.29 is 9.53 Å². The van der Waals surface area contributed by atoms with Gasteiger partial charge in [0.2, 0.25) is 0 Å². The van der Waals surface area contributed by atoms with Crippen LogP contribution in [-0.4, -0.2) is 19.1 Å². The molecule has 1 aromatic rings. The molecule has 0 saturated carbocycles. The maximum absolute atomic E-state index is 11.1. The van der Waals surface area contributed by atoms with Crippen LogP contribution < -0.4 is 5.32 Å². The number of nitrogens with one attached hydrogen (secondary N) is 1. The summed E-state index contributed by atoms with van der Waals surface area (Å²) in [6, 6.07) is 5.96. The van der Waals surface area contributed by atoms with Crippen LogP contribution in [0.1, 0.15) is 24.5 Å². The minimum atomic E-state index is -0.165. The van der Waals surface area contributed by atoms with Gasteiger partial charge in [-0.15, -0.1) is 0 Å². The third kappa shape index (κ3) is 5.20. The van der Waals surface area contributed by atoms with Gasteiger partial charge in [0.25, 0.3) is 0 Å². The van der Waals surface area contributed by atoms with E-state index in [0.717, 1.165) is 16.1 Å². The fraction of sp³-hybridized carbons (Fsp3) is 0.462. The zero-order valence-electron chi connectivity index (χ0n) is 10.3. The van der Waals surface area contributed by atoms with Crippen LogP contribution in [0.15, 0.2) is 18.2 Å². The summed E-state index contributed by atoms with van der Waals surface area (Å²) in [4.78, 5) is 11.1. The Balaban J connectivity index is 2.26. The normalized spacial score (nSPS) is 10.3. The highest BCUT2D eigenvalue weighted by atomic mass is 35.5. The molecule has 0 bridgehead atoms. The van der Waals surface area contributed by atoms with E-state index in [1.165, 1.54) is 0 Å². The van der Waals surface area contributed by atoms with E-state index in [4.69, 9.17) is 16.3 Å². The van der Waals surface area contributed by atoms with Crippen LogP contribution in [0.3, 0.4) is 0 Å². The van der Waals surface area contributed by atoms with Crippen molar-refractivity contribution in [1.82, 2.24) is 5.32 Å². The quantitative estimate of drug-likeness (QED) is 0.627. The Morgan fingerprint density at radius 3 is 2.88 bits per heavy atom. The van der Waals surface area contributed by atoms with Gasteiger partial charge in [-0.1, -0.05) is 23.7 Å². The lowest BCUT2D eigenvalue weighted by Gasteiger charge is -2.06. The van der Waals surface area contributed by atoms with Crippen molar-refractivity contribution in [3.05, 3.63) is 34.3 Å². The topological polar surface area (TPSA) is 38.3 Å². The van der Waals surface area contributed by atoms with Crippen molar-refractivity contribution in [2.75, 3.05) is 13.2 Å². The zero-order valence-corrected chi connectivity index (χ0v) is 11.0. The van der Waals surface area contributed by atoms with E-state index in [0.29, 0.717) is 26.1 Å². The van der Waals surface area contributed by atoms with E-state index in [1.807, 2.05) is 25.1 Å². The number of hydrogen-bond donors (Lipinski definition) is 1. The lowest BCUT2D eigenvalue weighted by molar-refractivity contribution is -0.142. The molecule has 1 N–H and O–H groups in total. The van der Waals surface area contributed by atoms with Crippen LogP contribution >= 0.6 is 11.6 Å². The summed E-state index contributed by atoms with van der Waals surface area (Å²) in [5, 5.41) is 3.95. The second-order valence-corrected chi connectivity index (χ2v) is 4.22. The number of ether oxygens (including phenoxy) is 1. The largest absolute Gasteiger partial charge is 0.466 e. The van der Waals surface area contributed by atoms with E-state index >= 15 is 0 Å². The van der Waals surface area contributed by atoms with E-state index in [-0.39, 0.29) is 5.97 Å². The third-order valence-electron chi connectivity index (χ3n) is 2.38. The van der Waals surface area contributed by atoms with E-state index < -0.39 is 0 Å². The second-order valence-electron chi connectivity index (χ2n) is 3.82. The van der Waals surface area contributed by atoms with Crippen molar-refractivity contribution >= 4 is 17.6 Å². The minimum Gasteiger partial charge on any atom is -0.466 e. The Morgan fingerprint density at radius 2 is 2.24 bits per heavy atom. The molecule has 0 radical (unpaired) electrons. The molecule has 0 spiro atoms. The molecule has 3 nitrogen and oxygen atoms in total. The van der Waals surface area contributed by atoms with E-state index in [1.54, 1.807) is 6.92 Å². The fourth-order valence-electron chi connectivity index (χ4n) is 1.40. The smallest absolute Gasteiger partial charge is 0.307 e. The summed E-state index contributed by atoms with van der Waals surface area (Å²) < 4.78 is 4.83. The van der Waals surface area contributed by atoms with Gasteiger partial charge in [0, 0.05) is 18.1 Å². The number of halogens is 1. The highest BCUT2D eigenvalue weighted by Crippen LogP contribution is 2.16. The van der Waals surface area contributed by atoms with Gasteiger partial charge in [-0.2, -0.15) is 0 Å².